The summed E-state index contributed by atoms with van der Waals surface area (Å²) in [6, 6.07) is 1.97. The Bertz CT molecular complexity index is 332. The SMILES string of the molecule is CC(C)C(=O)NCCNCc1ccnn1C. The van der Waals surface area contributed by atoms with E-state index in [-0.39, 0.29) is 11.8 Å². The summed E-state index contributed by atoms with van der Waals surface area (Å²) in [5, 5.41) is 10.2. The van der Waals surface area contributed by atoms with Crippen molar-refractivity contribution in [2.24, 2.45) is 13.0 Å². The third kappa shape index (κ3) is 4.02. The van der Waals surface area contributed by atoms with Gasteiger partial charge in [0.15, 0.2) is 0 Å². The second-order valence-electron chi connectivity index (χ2n) is 4.07. The maximum Gasteiger partial charge on any atom is 0.222 e. The van der Waals surface area contributed by atoms with Crippen LogP contribution in [0.25, 0.3) is 0 Å². The summed E-state index contributed by atoms with van der Waals surface area (Å²) in [6.45, 7) is 5.98. The summed E-state index contributed by atoms with van der Waals surface area (Å²) >= 11 is 0. The lowest BCUT2D eigenvalue weighted by Crippen LogP contribution is -2.34. The van der Waals surface area contributed by atoms with Crippen LogP contribution in [0, 0.1) is 5.92 Å². The number of hydrogen-bond donors (Lipinski definition) is 2. The van der Waals surface area contributed by atoms with E-state index in [0.29, 0.717) is 6.54 Å². The zero-order valence-electron chi connectivity index (χ0n) is 10.2. The molecule has 0 aliphatic rings. The van der Waals surface area contributed by atoms with Crippen molar-refractivity contribution in [2.45, 2.75) is 20.4 Å². The van der Waals surface area contributed by atoms with Gasteiger partial charge in [0.05, 0.1) is 5.69 Å². The van der Waals surface area contributed by atoms with Gasteiger partial charge in [0.2, 0.25) is 5.91 Å². The number of carbonyl (C=O) groups excluding carboxylic acids is 1. The highest BCUT2D eigenvalue weighted by molar-refractivity contribution is 5.77. The Labute approximate surface area is 96.2 Å². The molecule has 5 nitrogen and oxygen atoms in total. The summed E-state index contributed by atoms with van der Waals surface area (Å²) in [6.07, 6.45) is 1.78. The minimum Gasteiger partial charge on any atom is -0.355 e. The summed E-state index contributed by atoms with van der Waals surface area (Å²) in [5.74, 6) is 0.152. The summed E-state index contributed by atoms with van der Waals surface area (Å²) < 4.78 is 1.83. The number of carbonyl (C=O) groups is 1. The topological polar surface area (TPSA) is 59.0 Å². The van der Waals surface area contributed by atoms with Crippen molar-refractivity contribution >= 4 is 5.91 Å². The molecular formula is C11H20N4O. The molecule has 1 amide bonds. The first-order valence-corrected chi connectivity index (χ1v) is 5.56. The van der Waals surface area contributed by atoms with Crippen molar-refractivity contribution < 1.29 is 4.79 Å². The Hall–Kier alpha value is -1.36. The lowest BCUT2D eigenvalue weighted by Gasteiger charge is -2.08. The molecule has 0 unspecified atom stereocenters. The van der Waals surface area contributed by atoms with E-state index in [1.54, 1.807) is 6.20 Å². The van der Waals surface area contributed by atoms with Crippen LogP contribution in [0.4, 0.5) is 0 Å². The second kappa shape index (κ2) is 6.27. The van der Waals surface area contributed by atoms with Crippen molar-refractivity contribution in [3.63, 3.8) is 0 Å². The molecule has 90 valence electrons. The molecule has 1 aromatic heterocycles. The van der Waals surface area contributed by atoms with Crippen molar-refractivity contribution in [1.29, 1.82) is 0 Å². The highest BCUT2D eigenvalue weighted by Crippen LogP contribution is 1.94. The smallest absolute Gasteiger partial charge is 0.222 e. The highest BCUT2D eigenvalue weighted by atomic mass is 16.1. The van der Waals surface area contributed by atoms with Crippen molar-refractivity contribution in [3.8, 4) is 0 Å². The Morgan fingerprint density at radius 2 is 2.25 bits per heavy atom. The van der Waals surface area contributed by atoms with E-state index in [4.69, 9.17) is 0 Å². The number of aryl methyl sites for hydroxylation is 1. The Kier molecular flexibility index (Phi) is 4.98. The van der Waals surface area contributed by atoms with Crippen LogP contribution in [0.2, 0.25) is 0 Å². The molecule has 0 fully saturated rings. The quantitative estimate of drug-likeness (QED) is 0.682. The van der Waals surface area contributed by atoms with Crippen LogP contribution in [0.3, 0.4) is 0 Å². The summed E-state index contributed by atoms with van der Waals surface area (Å²) in [7, 11) is 1.91. The van der Waals surface area contributed by atoms with Crippen LogP contribution >= 0.6 is 0 Å². The Balaban J connectivity index is 2.09. The molecule has 0 aliphatic heterocycles. The average Bonchev–Trinajstić information content (AvgIpc) is 2.63. The molecule has 1 heterocycles. The van der Waals surface area contributed by atoms with Crippen molar-refractivity contribution in [1.82, 2.24) is 20.4 Å². The van der Waals surface area contributed by atoms with Crippen molar-refractivity contribution in [3.05, 3.63) is 18.0 Å². The molecule has 1 aromatic rings. The maximum atomic E-state index is 11.2. The van der Waals surface area contributed by atoms with E-state index >= 15 is 0 Å². The maximum absolute atomic E-state index is 11.2. The minimum atomic E-state index is 0.0528. The number of aromatic nitrogens is 2. The number of nitrogens with zero attached hydrogens (tertiary/aromatic N) is 2. The van der Waals surface area contributed by atoms with E-state index in [9.17, 15) is 4.79 Å². The molecule has 2 N–H and O–H groups in total. The van der Waals surface area contributed by atoms with Gasteiger partial charge in [-0.15, -0.1) is 0 Å². The molecule has 0 aliphatic carbocycles. The summed E-state index contributed by atoms with van der Waals surface area (Å²) in [4.78, 5) is 11.2. The Morgan fingerprint density at radius 3 is 2.81 bits per heavy atom. The number of rotatable bonds is 6. The van der Waals surface area contributed by atoms with Gasteiger partial charge in [-0.25, -0.2) is 0 Å². The molecule has 16 heavy (non-hydrogen) atoms. The molecule has 0 aromatic carbocycles. The fourth-order valence-electron chi connectivity index (χ4n) is 1.27. The first kappa shape index (κ1) is 12.7. The van der Waals surface area contributed by atoms with Crippen LogP contribution in [-0.2, 0) is 18.4 Å². The minimum absolute atomic E-state index is 0.0528. The highest BCUT2D eigenvalue weighted by Gasteiger charge is 2.04. The Morgan fingerprint density at radius 1 is 1.50 bits per heavy atom. The van der Waals surface area contributed by atoms with Gasteiger partial charge in [0.25, 0.3) is 0 Å². The van der Waals surface area contributed by atoms with Gasteiger partial charge < -0.3 is 10.6 Å². The van der Waals surface area contributed by atoms with E-state index in [1.165, 1.54) is 0 Å². The molecule has 0 spiro atoms. The summed E-state index contributed by atoms with van der Waals surface area (Å²) in [5.41, 5.74) is 1.13. The third-order valence-corrected chi connectivity index (χ3v) is 2.35. The van der Waals surface area contributed by atoms with E-state index in [2.05, 4.69) is 15.7 Å². The van der Waals surface area contributed by atoms with Gasteiger partial charge in [0.1, 0.15) is 0 Å². The molecule has 1 rings (SSSR count). The molecule has 0 bridgehead atoms. The van der Waals surface area contributed by atoms with Gasteiger partial charge in [-0.05, 0) is 6.07 Å². The third-order valence-electron chi connectivity index (χ3n) is 2.35. The molecular weight excluding hydrogens is 204 g/mol. The normalized spacial score (nSPS) is 10.8. The zero-order valence-corrected chi connectivity index (χ0v) is 10.2. The van der Waals surface area contributed by atoms with Gasteiger partial charge in [-0.3, -0.25) is 9.48 Å². The van der Waals surface area contributed by atoms with Gasteiger partial charge in [-0.1, -0.05) is 13.8 Å². The predicted octanol–water partition coefficient (Wildman–Crippen LogP) is 0.282. The fourth-order valence-corrected chi connectivity index (χ4v) is 1.27. The first-order chi connectivity index (χ1) is 7.61. The van der Waals surface area contributed by atoms with Crippen LogP contribution in [0.15, 0.2) is 12.3 Å². The molecule has 0 saturated heterocycles. The zero-order chi connectivity index (χ0) is 12.0. The number of amides is 1. The monoisotopic (exact) mass is 224 g/mol. The van der Waals surface area contributed by atoms with E-state index < -0.39 is 0 Å². The predicted molar refractivity (Wildman–Crippen MR) is 62.8 cm³/mol. The lowest BCUT2D eigenvalue weighted by atomic mass is 10.2. The fraction of sp³-hybridized carbons (Fsp3) is 0.636. The van der Waals surface area contributed by atoms with Crippen molar-refractivity contribution in [2.75, 3.05) is 13.1 Å². The average molecular weight is 224 g/mol. The largest absolute Gasteiger partial charge is 0.355 e. The van der Waals surface area contributed by atoms with Gasteiger partial charge >= 0.3 is 0 Å². The van der Waals surface area contributed by atoms with Crippen LogP contribution in [-0.4, -0.2) is 28.8 Å². The van der Waals surface area contributed by atoms with Crippen LogP contribution < -0.4 is 10.6 Å². The molecule has 0 saturated carbocycles. The number of nitrogens with one attached hydrogen (secondary N) is 2. The van der Waals surface area contributed by atoms with Crippen LogP contribution in [0.1, 0.15) is 19.5 Å². The first-order valence-electron chi connectivity index (χ1n) is 5.56. The lowest BCUT2D eigenvalue weighted by molar-refractivity contribution is -0.123. The molecule has 0 atom stereocenters. The van der Waals surface area contributed by atoms with E-state index in [1.807, 2.05) is 31.6 Å². The van der Waals surface area contributed by atoms with E-state index in [0.717, 1.165) is 18.8 Å². The molecule has 5 heteroatoms. The molecule has 0 radical (unpaired) electrons. The number of hydrogen-bond acceptors (Lipinski definition) is 3. The van der Waals surface area contributed by atoms with Gasteiger partial charge in [-0.2, -0.15) is 5.10 Å². The van der Waals surface area contributed by atoms with Crippen LogP contribution in [0.5, 0.6) is 0 Å². The second-order valence-corrected chi connectivity index (χ2v) is 4.07. The van der Waals surface area contributed by atoms with Gasteiger partial charge in [0, 0.05) is 38.8 Å². The standard InChI is InChI=1S/C11H20N4O/c1-9(2)11(16)13-7-6-12-8-10-4-5-14-15(10)3/h4-5,9,12H,6-8H2,1-3H3,(H,13,16).